The molecule has 5 nitrogen and oxygen atoms in total. The van der Waals surface area contributed by atoms with Crippen LogP contribution < -0.4 is 0 Å². The summed E-state index contributed by atoms with van der Waals surface area (Å²) in [5.41, 5.74) is -4.51. The number of hydrogen-bond acceptors (Lipinski definition) is 5. The number of ketones is 2. The molecule has 0 radical (unpaired) electrons. The molecule has 1 N–H and O–H groups in total. The molecular formula is C26H41FO5. The van der Waals surface area contributed by atoms with E-state index in [9.17, 15) is 14.7 Å². The third-order valence-electron chi connectivity index (χ3n) is 10.3. The molecule has 0 aromatic rings. The van der Waals surface area contributed by atoms with Crippen LogP contribution >= 0.6 is 0 Å². The number of fused-ring (bicyclic) bond motifs is 5. The number of halogens is 1. The number of aliphatic hydroxyl groups is 1. The van der Waals surface area contributed by atoms with Crippen molar-refractivity contribution in [3.63, 3.8) is 0 Å². The number of ether oxygens (including phenoxy) is 2. The fourth-order valence-electron chi connectivity index (χ4n) is 8.63. The summed E-state index contributed by atoms with van der Waals surface area (Å²) in [5, 5.41) is 11.9. The lowest BCUT2D eigenvalue weighted by Crippen LogP contribution is -2.71. The van der Waals surface area contributed by atoms with E-state index >= 15 is 4.39 Å². The maximum absolute atomic E-state index is 17.8. The molecule has 0 amide bonds. The summed E-state index contributed by atoms with van der Waals surface area (Å²) in [6, 6.07) is 0. The third-order valence-corrected chi connectivity index (χ3v) is 10.3. The van der Waals surface area contributed by atoms with Crippen LogP contribution in [0, 0.1) is 34.5 Å². The minimum absolute atomic E-state index is 0.0370. The van der Waals surface area contributed by atoms with Gasteiger partial charge in [-0.25, -0.2) is 4.39 Å². The van der Waals surface area contributed by atoms with Gasteiger partial charge in [-0.15, -0.1) is 0 Å². The first-order valence-corrected chi connectivity index (χ1v) is 12.6. The van der Waals surface area contributed by atoms with Gasteiger partial charge in [0.25, 0.3) is 0 Å². The molecule has 0 aromatic heterocycles. The zero-order chi connectivity index (χ0) is 23.5. The van der Waals surface area contributed by atoms with Gasteiger partial charge in [-0.1, -0.05) is 27.7 Å². The fourth-order valence-corrected chi connectivity index (χ4v) is 8.63. The van der Waals surface area contributed by atoms with E-state index in [0.717, 1.165) is 12.8 Å². The van der Waals surface area contributed by atoms with Crippen molar-refractivity contribution >= 4 is 11.6 Å². The van der Waals surface area contributed by atoms with Crippen LogP contribution in [0.3, 0.4) is 0 Å². The Labute approximate surface area is 191 Å². The van der Waals surface area contributed by atoms with Gasteiger partial charge in [0.1, 0.15) is 23.7 Å². The maximum Gasteiger partial charge on any atom is 0.190 e. The molecule has 6 heteroatoms. The zero-order valence-corrected chi connectivity index (χ0v) is 20.4. The highest BCUT2D eigenvalue weighted by atomic mass is 19.1. The second kappa shape index (κ2) is 8.13. The van der Waals surface area contributed by atoms with E-state index in [1.54, 1.807) is 0 Å². The van der Waals surface area contributed by atoms with Crippen molar-refractivity contribution < 1.29 is 28.6 Å². The molecule has 32 heavy (non-hydrogen) atoms. The standard InChI is InChI=1S/C26H41FO5/c1-6-11-32-22-14-24(4)20(12-16(2)26(24,30)21(29)15-31-5)19-8-7-17-13-18(28)9-10-23(17,3)25(19,22)27/h16-17,19-20,22,30H,6-15H2,1-5H3/t16?,17?,19-,20-,22?,23-,24-,25-,26-/m0/s1. The lowest BCUT2D eigenvalue weighted by Gasteiger charge is -2.66. The molecule has 0 saturated heterocycles. The second-order valence-corrected chi connectivity index (χ2v) is 11.7. The predicted octanol–water partition coefficient (Wildman–Crippen LogP) is 4.29. The Morgan fingerprint density at radius 3 is 2.59 bits per heavy atom. The number of alkyl halides is 1. The van der Waals surface area contributed by atoms with Crippen LogP contribution in [0.15, 0.2) is 0 Å². The first-order valence-electron chi connectivity index (χ1n) is 12.6. The van der Waals surface area contributed by atoms with Gasteiger partial charge in [0.05, 0.1) is 6.10 Å². The van der Waals surface area contributed by atoms with Gasteiger partial charge in [-0.05, 0) is 62.2 Å². The number of carbonyl (C=O) groups excluding carboxylic acids is 2. The monoisotopic (exact) mass is 452 g/mol. The van der Waals surface area contributed by atoms with E-state index < -0.39 is 28.2 Å². The molecule has 4 aliphatic carbocycles. The fraction of sp³-hybridized carbons (Fsp3) is 0.923. The topological polar surface area (TPSA) is 72.8 Å². The maximum atomic E-state index is 17.8. The molecule has 4 rings (SSSR count). The highest BCUT2D eigenvalue weighted by Crippen LogP contribution is 2.72. The van der Waals surface area contributed by atoms with Gasteiger partial charge in [-0.3, -0.25) is 9.59 Å². The summed E-state index contributed by atoms with van der Waals surface area (Å²) in [4.78, 5) is 25.4. The number of hydrogen-bond donors (Lipinski definition) is 1. The Morgan fingerprint density at radius 1 is 1.22 bits per heavy atom. The van der Waals surface area contributed by atoms with Crippen LogP contribution in [0.4, 0.5) is 4.39 Å². The molecule has 9 atom stereocenters. The van der Waals surface area contributed by atoms with E-state index in [-0.39, 0.29) is 41.8 Å². The average molecular weight is 453 g/mol. The molecule has 0 heterocycles. The summed E-state index contributed by atoms with van der Waals surface area (Å²) in [6.45, 7) is 8.26. The van der Waals surface area contributed by atoms with E-state index in [1.165, 1.54) is 7.11 Å². The van der Waals surface area contributed by atoms with Crippen molar-refractivity contribution in [2.24, 2.45) is 34.5 Å². The van der Waals surface area contributed by atoms with Gasteiger partial charge in [0.15, 0.2) is 5.78 Å². The summed E-state index contributed by atoms with van der Waals surface area (Å²) >= 11 is 0. The lowest BCUT2D eigenvalue weighted by molar-refractivity contribution is -0.265. The van der Waals surface area contributed by atoms with Crippen molar-refractivity contribution in [2.45, 2.75) is 96.4 Å². The zero-order valence-electron chi connectivity index (χ0n) is 20.4. The third kappa shape index (κ3) is 2.97. The molecule has 4 fully saturated rings. The number of carbonyl (C=O) groups is 2. The molecule has 0 aromatic carbocycles. The Hall–Kier alpha value is -0.850. The minimum Gasteiger partial charge on any atom is -0.381 e. The summed E-state index contributed by atoms with van der Waals surface area (Å²) in [7, 11) is 1.47. The van der Waals surface area contributed by atoms with Gasteiger partial charge in [-0.2, -0.15) is 0 Å². The molecule has 4 saturated carbocycles. The molecule has 0 bridgehead atoms. The van der Waals surface area contributed by atoms with E-state index in [0.29, 0.717) is 45.1 Å². The first-order chi connectivity index (χ1) is 15.0. The van der Waals surface area contributed by atoms with E-state index in [2.05, 4.69) is 0 Å². The average Bonchev–Trinajstić information content (AvgIpc) is 2.95. The SMILES string of the molecule is CCCOC1C[C@@]2(C)[C@@H](CC(C)[C@]2(O)C(=O)COC)[C@@H]2CCC3CC(=O)CC[C@]3(C)[C@@]12F. The Kier molecular flexibility index (Phi) is 6.17. The van der Waals surface area contributed by atoms with Crippen LogP contribution in [0.1, 0.15) is 79.1 Å². The van der Waals surface area contributed by atoms with Crippen LogP contribution in [0.2, 0.25) is 0 Å². The highest BCUT2D eigenvalue weighted by Gasteiger charge is 2.76. The summed E-state index contributed by atoms with van der Waals surface area (Å²) in [5.74, 6) is -0.686. The van der Waals surface area contributed by atoms with Crippen LogP contribution in [-0.2, 0) is 19.1 Å². The van der Waals surface area contributed by atoms with Crippen LogP contribution in [0.5, 0.6) is 0 Å². The van der Waals surface area contributed by atoms with Crippen molar-refractivity contribution in [3.05, 3.63) is 0 Å². The Balaban J connectivity index is 1.80. The summed E-state index contributed by atoms with van der Waals surface area (Å²) in [6.07, 6.45) is 3.98. The second-order valence-electron chi connectivity index (χ2n) is 11.7. The number of Topliss-reactive ketones (excluding diaryl/α,β-unsaturated/α-hetero) is 2. The smallest absolute Gasteiger partial charge is 0.190 e. The lowest BCUT2D eigenvalue weighted by atomic mass is 9.42. The largest absolute Gasteiger partial charge is 0.381 e. The summed E-state index contributed by atoms with van der Waals surface area (Å²) < 4.78 is 29.2. The molecule has 3 unspecified atom stereocenters. The molecule has 182 valence electrons. The molecule has 0 aliphatic heterocycles. The van der Waals surface area contributed by atoms with Crippen LogP contribution in [0.25, 0.3) is 0 Å². The minimum atomic E-state index is -1.56. The predicted molar refractivity (Wildman–Crippen MR) is 119 cm³/mol. The molecule has 4 aliphatic rings. The Morgan fingerprint density at radius 2 is 1.94 bits per heavy atom. The van der Waals surface area contributed by atoms with Crippen molar-refractivity contribution in [3.8, 4) is 0 Å². The van der Waals surface area contributed by atoms with Crippen molar-refractivity contribution in [1.82, 2.24) is 0 Å². The molecular weight excluding hydrogens is 411 g/mol. The van der Waals surface area contributed by atoms with Gasteiger partial charge >= 0.3 is 0 Å². The highest BCUT2D eigenvalue weighted by molar-refractivity contribution is 5.90. The number of rotatable bonds is 6. The quantitative estimate of drug-likeness (QED) is 0.651. The Bertz CT molecular complexity index is 771. The van der Waals surface area contributed by atoms with Crippen LogP contribution in [-0.4, -0.2) is 54.4 Å². The first kappa shape index (κ1) is 24.3. The normalized spacial score (nSPS) is 50.5. The molecule has 0 spiro atoms. The van der Waals surface area contributed by atoms with Gasteiger partial charge in [0.2, 0.25) is 0 Å². The van der Waals surface area contributed by atoms with Gasteiger partial charge in [0, 0.05) is 37.4 Å². The van der Waals surface area contributed by atoms with Crippen molar-refractivity contribution in [2.75, 3.05) is 20.3 Å². The van der Waals surface area contributed by atoms with Gasteiger partial charge < -0.3 is 14.6 Å². The van der Waals surface area contributed by atoms with E-state index in [4.69, 9.17) is 9.47 Å². The van der Waals surface area contributed by atoms with Crippen molar-refractivity contribution in [1.29, 1.82) is 0 Å². The van der Waals surface area contributed by atoms with E-state index in [1.807, 2.05) is 27.7 Å². The number of methoxy groups -OCH3 is 1.